The van der Waals surface area contributed by atoms with Crippen LogP contribution in [0.15, 0.2) is 273 Å². The third-order valence-electron chi connectivity index (χ3n) is 10.7. The quantitative estimate of drug-likeness (QED) is 0.126. The molecule has 4 heteroatoms. The molecular weight excluding hydrogens is 883 g/mol. The Hall–Kier alpha value is -5.80. The van der Waals surface area contributed by atoms with E-state index in [1.54, 1.807) is 0 Å². The summed E-state index contributed by atoms with van der Waals surface area (Å²) in [5.41, 5.74) is 4.49. The Kier molecular flexibility index (Phi) is 15.9. The molecule has 0 radical (unpaired) electrons. The van der Waals surface area contributed by atoms with Gasteiger partial charge in [-0.1, -0.05) is 273 Å². The molecule has 0 atom stereocenters. The molecule has 0 aliphatic rings. The maximum absolute atomic E-state index is 11.4. The number of hydrogen-bond acceptors (Lipinski definition) is 3. The van der Waals surface area contributed by atoms with E-state index in [0.29, 0.717) is 0 Å². The standard InChI is InChI=1S/3C19H16O.Sm/c3*20-19(16-10-4-1-5-11-16,17-12-6-2-7-13-17)18-14-8-3-9-15-18;/h3*1-15,20H;. The van der Waals surface area contributed by atoms with Crippen LogP contribution in [-0.4, -0.2) is 15.3 Å². The zero-order valence-corrected chi connectivity index (χ0v) is 36.4. The Morgan fingerprint density at radius 1 is 0.164 bits per heavy atom. The second kappa shape index (κ2) is 21.6. The molecule has 0 saturated carbocycles. The van der Waals surface area contributed by atoms with Gasteiger partial charge in [0.25, 0.3) is 0 Å². The predicted molar refractivity (Wildman–Crippen MR) is 244 cm³/mol. The summed E-state index contributed by atoms with van der Waals surface area (Å²) in [6, 6.07) is 88.0. The van der Waals surface area contributed by atoms with Crippen molar-refractivity contribution in [2.45, 2.75) is 16.8 Å². The summed E-state index contributed by atoms with van der Waals surface area (Å²) in [5.74, 6) is 0. The zero-order valence-electron chi connectivity index (χ0n) is 33.7. The van der Waals surface area contributed by atoms with Gasteiger partial charge in [-0.05, 0) is 50.1 Å². The van der Waals surface area contributed by atoms with Crippen molar-refractivity contribution in [3.8, 4) is 0 Å². The van der Waals surface area contributed by atoms with Crippen LogP contribution in [0.4, 0.5) is 0 Å². The fourth-order valence-corrected chi connectivity index (χ4v) is 7.61. The molecular formula is C57H48O3Sm. The maximum atomic E-state index is 11.4. The summed E-state index contributed by atoms with van der Waals surface area (Å²) >= 11 is 0. The first-order valence-electron chi connectivity index (χ1n) is 20.1. The number of benzene rings is 9. The summed E-state index contributed by atoms with van der Waals surface area (Å²) in [6.07, 6.45) is 0. The van der Waals surface area contributed by atoms with Crippen LogP contribution in [0.1, 0.15) is 50.1 Å². The van der Waals surface area contributed by atoms with Crippen molar-refractivity contribution in [1.29, 1.82) is 0 Å². The molecule has 0 saturated heterocycles. The summed E-state index contributed by atoms with van der Waals surface area (Å²) in [7, 11) is 0. The molecule has 61 heavy (non-hydrogen) atoms. The summed E-state index contributed by atoms with van der Waals surface area (Å²) in [6.45, 7) is 0. The van der Waals surface area contributed by atoms with Crippen LogP contribution in [0.5, 0.6) is 0 Å². The Morgan fingerprint density at radius 3 is 0.328 bits per heavy atom. The molecule has 3 N–H and O–H groups in total. The van der Waals surface area contributed by atoms with Gasteiger partial charge >= 0.3 is 0 Å². The van der Waals surface area contributed by atoms with Crippen LogP contribution in [0.3, 0.4) is 0 Å². The second-order valence-electron chi connectivity index (χ2n) is 14.4. The first-order chi connectivity index (χ1) is 29.4. The van der Waals surface area contributed by atoms with Gasteiger partial charge in [0, 0.05) is 40.4 Å². The molecule has 0 unspecified atom stereocenters. The van der Waals surface area contributed by atoms with E-state index < -0.39 is 16.8 Å². The monoisotopic (exact) mass is 932 g/mol. The molecule has 3 nitrogen and oxygen atoms in total. The normalized spacial score (nSPS) is 11.1. The molecule has 0 fully saturated rings. The van der Waals surface area contributed by atoms with Crippen molar-refractivity contribution >= 4 is 0 Å². The largest absolute Gasteiger partial charge is 0.376 e. The Labute approximate surface area is 392 Å². The topological polar surface area (TPSA) is 60.7 Å². The van der Waals surface area contributed by atoms with Crippen LogP contribution in [0.2, 0.25) is 0 Å². The SMILES string of the molecule is OC(c1ccccc1)(c1ccccc1)c1ccccc1.OC(c1ccccc1)(c1ccccc1)c1ccccc1.OC(c1ccccc1)(c1ccccc1)c1ccccc1.[Sm]. The molecule has 300 valence electrons. The summed E-state index contributed by atoms with van der Waals surface area (Å²) in [4.78, 5) is 0. The smallest absolute Gasteiger partial charge is 0.140 e. The van der Waals surface area contributed by atoms with E-state index >= 15 is 0 Å². The first kappa shape index (κ1) is 44.7. The van der Waals surface area contributed by atoms with Gasteiger partial charge in [0.2, 0.25) is 0 Å². The molecule has 0 bridgehead atoms. The Balaban J connectivity index is 0.000000152. The molecule has 9 rings (SSSR count). The van der Waals surface area contributed by atoms with Gasteiger partial charge in [-0.2, -0.15) is 0 Å². The van der Waals surface area contributed by atoms with Gasteiger partial charge in [-0.25, -0.2) is 0 Å². The summed E-state index contributed by atoms with van der Waals surface area (Å²) in [5, 5.41) is 34.3. The van der Waals surface area contributed by atoms with E-state index in [1.165, 1.54) is 0 Å². The maximum Gasteiger partial charge on any atom is 0.140 e. The molecule has 0 amide bonds. The van der Waals surface area contributed by atoms with Gasteiger partial charge < -0.3 is 15.3 Å². The van der Waals surface area contributed by atoms with Crippen LogP contribution >= 0.6 is 0 Å². The van der Waals surface area contributed by atoms with Crippen LogP contribution in [-0.2, 0) is 16.8 Å². The molecule has 9 aromatic carbocycles. The van der Waals surface area contributed by atoms with Gasteiger partial charge in [0.15, 0.2) is 0 Å². The Morgan fingerprint density at radius 2 is 0.246 bits per heavy atom. The second-order valence-corrected chi connectivity index (χ2v) is 14.4. The minimum atomic E-state index is -1.12. The fourth-order valence-electron chi connectivity index (χ4n) is 7.61. The molecule has 0 spiro atoms. The van der Waals surface area contributed by atoms with Crippen molar-refractivity contribution < 1.29 is 55.7 Å². The molecule has 0 heterocycles. The molecule has 0 aliphatic carbocycles. The zero-order chi connectivity index (χ0) is 41.5. The molecule has 9 aromatic rings. The fraction of sp³-hybridized carbons (Fsp3) is 0.0526. The van der Waals surface area contributed by atoms with Crippen molar-refractivity contribution in [2.75, 3.05) is 0 Å². The van der Waals surface area contributed by atoms with Crippen LogP contribution < -0.4 is 0 Å². The van der Waals surface area contributed by atoms with E-state index in [1.807, 2.05) is 273 Å². The average molecular weight is 931 g/mol. The number of aliphatic hydroxyl groups is 3. The summed E-state index contributed by atoms with van der Waals surface area (Å²) < 4.78 is 0. The molecule has 0 aromatic heterocycles. The molecule has 0 aliphatic heterocycles. The van der Waals surface area contributed by atoms with Gasteiger partial charge in [0.05, 0.1) is 0 Å². The first-order valence-corrected chi connectivity index (χ1v) is 20.1. The third kappa shape index (κ3) is 10.2. The third-order valence-corrected chi connectivity index (χ3v) is 10.7. The minimum Gasteiger partial charge on any atom is -0.376 e. The van der Waals surface area contributed by atoms with Gasteiger partial charge in [0.1, 0.15) is 16.8 Å². The van der Waals surface area contributed by atoms with Crippen molar-refractivity contribution in [2.24, 2.45) is 0 Å². The minimum absolute atomic E-state index is 0. The van der Waals surface area contributed by atoms with Crippen molar-refractivity contribution in [3.05, 3.63) is 323 Å². The van der Waals surface area contributed by atoms with E-state index in [0.717, 1.165) is 50.1 Å². The average Bonchev–Trinajstić information content (AvgIpc) is 3.36. The van der Waals surface area contributed by atoms with E-state index in [4.69, 9.17) is 0 Å². The van der Waals surface area contributed by atoms with Crippen LogP contribution in [0.25, 0.3) is 0 Å². The van der Waals surface area contributed by atoms with Gasteiger partial charge in [-0.3, -0.25) is 0 Å². The van der Waals surface area contributed by atoms with E-state index in [-0.39, 0.29) is 40.4 Å². The number of hydrogen-bond donors (Lipinski definition) is 3. The van der Waals surface area contributed by atoms with Gasteiger partial charge in [-0.15, -0.1) is 0 Å². The van der Waals surface area contributed by atoms with Crippen molar-refractivity contribution in [1.82, 2.24) is 0 Å². The van der Waals surface area contributed by atoms with Crippen molar-refractivity contribution in [3.63, 3.8) is 0 Å². The van der Waals surface area contributed by atoms with E-state index in [2.05, 4.69) is 0 Å². The predicted octanol–water partition coefficient (Wildman–Crippen LogP) is 11.9. The number of rotatable bonds is 9. The van der Waals surface area contributed by atoms with Crippen LogP contribution in [0, 0.1) is 40.4 Å². The Bertz CT molecular complexity index is 1990. The van der Waals surface area contributed by atoms with E-state index in [9.17, 15) is 15.3 Å².